The van der Waals surface area contributed by atoms with Gasteiger partial charge in [-0.15, -0.1) is 0 Å². The molecule has 11 heteroatoms. The van der Waals surface area contributed by atoms with Crippen molar-refractivity contribution in [2.45, 2.75) is 44.8 Å². The van der Waals surface area contributed by atoms with Gasteiger partial charge in [-0.25, -0.2) is 10.2 Å². The molecule has 0 saturated carbocycles. The Morgan fingerprint density at radius 3 is 2.53 bits per heavy atom. The third-order valence-corrected chi connectivity index (χ3v) is 5.33. The van der Waals surface area contributed by atoms with Crippen molar-refractivity contribution in [3.8, 4) is 5.75 Å². The maximum absolute atomic E-state index is 12.0. The van der Waals surface area contributed by atoms with E-state index < -0.39 is 12.1 Å². The van der Waals surface area contributed by atoms with Crippen molar-refractivity contribution < 1.29 is 32.6 Å². The van der Waals surface area contributed by atoms with Crippen LogP contribution >= 0.6 is 0 Å². The van der Waals surface area contributed by atoms with Gasteiger partial charge in [-0.05, 0) is 69.0 Å². The number of hydrogen-bond donors (Lipinski definition) is 3. The number of halogens is 3. The van der Waals surface area contributed by atoms with Crippen LogP contribution in [0.15, 0.2) is 17.2 Å². The second kappa shape index (κ2) is 8.50. The van der Waals surface area contributed by atoms with E-state index in [4.69, 9.17) is 14.6 Å². The summed E-state index contributed by atoms with van der Waals surface area (Å²) in [5, 5.41) is 14.7. The van der Waals surface area contributed by atoms with Crippen molar-refractivity contribution in [3.63, 3.8) is 0 Å². The van der Waals surface area contributed by atoms with Crippen molar-refractivity contribution in [3.05, 3.63) is 23.3 Å². The van der Waals surface area contributed by atoms with Gasteiger partial charge in [-0.1, -0.05) is 0 Å². The number of carbonyl (C=O) groups excluding carboxylic acids is 1. The van der Waals surface area contributed by atoms with E-state index in [0.29, 0.717) is 12.5 Å². The molecular formula is C19H23F3N4O4. The Morgan fingerprint density at radius 2 is 1.93 bits per heavy atom. The van der Waals surface area contributed by atoms with E-state index in [9.17, 15) is 18.0 Å². The number of hydrogen-bond acceptors (Lipinski definition) is 6. The lowest BCUT2D eigenvalue weighted by Crippen LogP contribution is -2.55. The first kappa shape index (κ1) is 21.9. The summed E-state index contributed by atoms with van der Waals surface area (Å²) in [5.74, 6) is -0.652. The van der Waals surface area contributed by atoms with Crippen molar-refractivity contribution in [2.75, 3.05) is 24.6 Å². The summed E-state index contributed by atoms with van der Waals surface area (Å²) in [4.78, 5) is 22.9. The van der Waals surface area contributed by atoms with E-state index in [1.807, 2.05) is 11.8 Å². The number of piperidine rings is 1. The predicted octanol–water partition coefficient (Wildman–Crippen LogP) is 2.13. The number of anilines is 1. The molecule has 30 heavy (non-hydrogen) atoms. The molecule has 4 rings (SSSR count). The summed E-state index contributed by atoms with van der Waals surface area (Å²) in [6, 6.07) is 4.06. The number of aryl methyl sites for hydroxylation is 1. The van der Waals surface area contributed by atoms with E-state index in [-0.39, 0.29) is 11.9 Å². The first-order valence-corrected chi connectivity index (χ1v) is 9.53. The number of carboxylic acid groups (broad SMARTS) is 1. The fraction of sp³-hybridized carbons (Fsp3) is 0.526. The molecule has 8 nitrogen and oxygen atoms in total. The number of hydrazone groups is 1. The molecule has 1 fully saturated rings. The highest BCUT2D eigenvalue weighted by atomic mass is 19.4. The van der Waals surface area contributed by atoms with Gasteiger partial charge in [0.1, 0.15) is 18.4 Å². The van der Waals surface area contributed by atoms with Gasteiger partial charge >= 0.3 is 12.1 Å². The molecule has 0 aromatic heterocycles. The van der Waals surface area contributed by atoms with Crippen LogP contribution in [0.1, 0.15) is 36.8 Å². The number of amides is 1. The molecule has 0 aliphatic carbocycles. The average molecular weight is 428 g/mol. The largest absolute Gasteiger partial charge is 0.490 e. The van der Waals surface area contributed by atoms with Gasteiger partial charge in [0, 0.05) is 0 Å². The van der Waals surface area contributed by atoms with Crippen LogP contribution in [0.5, 0.6) is 5.75 Å². The summed E-state index contributed by atoms with van der Waals surface area (Å²) in [6.45, 7) is 6.57. The number of carbonyl (C=O) groups is 2. The minimum atomic E-state index is -5.08. The fourth-order valence-electron chi connectivity index (χ4n) is 3.76. The van der Waals surface area contributed by atoms with Crippen LogP contribution in [0.3, 0.4) is 0 Å². The number of nitrogens with zero attached hydrogens (tertiary/aromatic N) is 2. The molecule has 0 bridgehead atoms. The quantitative estimate of drug-likeness (QED) is 0.633. The number of carboxylic acids is 1. The third kappa shape index (κ3) is 4.50. The number of amidine groups is 1. The van der Waals surface area contributed by atoms with E-state index >= 15 is 0 Å². The van der Waals surface area contributed by atoms with Crippen LogP contribution in [0.2, 0.25) is 0 Å². The molecule has 1 atom stereocenters. The third-order valence-electron chi connectivity index (χ3n) is 5.33. The van der Waals surface area contributed by atoms with E-state index in [1.165, 1.54) is 11.1 Å². The number of aliphatic carboxylic acids is 1. The Bertz CT molecular complexity index is 866. The number of fused-ring (bicyclic) bond motifs is 3. The maximum atomic E-state index is 12.0. The number of nitrogens with one attached hydrogen (secondary N) is 2. The Labute approximate surface area is 171 Å². The van der Waals surface area contributed by atoms with Gasteiger partial charge in [0.05, 0.1) is 5.69 Å². The topological polar surface area (TPSA) is 103 Å². The molecule has 1 unspecified atom stereocenters. The highest BCUT2D eigenvalue weighted by molar-refractivity contribution is 6.09. The Balaban J connectivity index is 0.000000318. The lowest BCUT2D eigenvalue weighted by Gasteiger charge is -2.39. The van der Waals surface area contributed by atoms with Crippen LogP contribution in [0.25, 0.3) is 0 Å². The summed E-state index contributed by atoms with van der Waals surface area (Å²) in [7, 11) is 0. The van der Waals surface area contributed by atoms with Crippen LogP contribution < -0.4 is 20.4 Å². The SMILES string of the molecule is Cc1cc2c(cc1C1CCNCC1)N1C(=NNC(=O)C1C)CO2.O=C(O)C(F)(F)F. The molecule has 1 aromatic carbocycles. The standard InChI is InChI=1S/C17H22N4O2.C2HF3O2/c1-10-7-15-14(8-13(10)12-3-5-18-6-4-12)21-11(2)17(22)20-19-16(21)9-23-15;3-2(4,5)1(6)7/h7-8,11-12,18H,3-6,9H2,1-2H3,(H,20,22);(H,6,7). The average Bonchev–Trinajstić information content (AvgIpc) is 2.70. The van der Waals surface area contributed by atoms with Crippen LogP contribution in [-0.2, 0) is 9.59 Å². The van der Waals surface area contributed by atoms with Crippen molar-refractivity contribution >= 4 is 23.4 Å². The monoisotopic (exact) mass is 428 g/mol. The molecule has 164 valence electrons. The van der Waals surface area contributed by atoms with Crippen LogP contribution in [0.4, 0.5) is 18.9 Å². The molecule has 3 aliphatic heterocycles. The predicted molar refractivity (Wildman–Crippen MR) is 103 cm³/mol. The Hall–Kier alpha value is -2.82. The minimum Gasteiger partial charge on any atom is -0.483 e. The second-order valence-electron chi connectivity index (χ2n) is 7.34. The van der Waals surface area contributed by atoms with Crippen molar-refractivity contribution in [2.24, 2.45) is 5.10 Å². The number of alkyl halides is 3. The summed E-state index contributed by atoms with van der Waals surface area (Å²) in [5.41, 5.74) is 6.18. The highest BCUT2D eigenvalue weighted by Gasteiger charge is 2.38. The zero-order valence-corrected chi connectivity index (χ0v) is 16.5. The van der Waals surface area contributed by atoms with E-state index in [0.717, 1.165) is 43.2 Å². The second-order valence-corrected chi connectivity index (χ2v) is 7.34. The summed E-state index contributed by atoms with van der Waals surface area (Å²) in [6.07, 6.45) is -2.78. The highest BCUT2D eigenvalue weighted by Crippen LogP contribution is 2.40. The van der Waals surface area contributed by atoms with Crippen LogP contribution in [-0.4, -0.2) is 54.7 Å². The van der Waals surface area contributed by atoms with E-state index in [2.05, 4.69) is 34.9 Å². The molecule has 3 heterocycles. The number of benzene rings is 1. The first-order valence-electron chi connectivity index (χ1n) is 9.53. The van der Waals surface area contributed by atoms with Gasteiger partial charge in [-0.3, -0.25) is 4.79 Å². The van der Waals surface area contributed by atoms with Crippen molar-refractivity contribution in [1.82, 2.24) is 10.7 Å². The van der Waals surface area contributed by atoms with Gasteiger partial charge in [0.2, 0.25) is 0 Å². The zero-order chi connectivity index (χ0) is 22.1. The zero-order valence-electron chi connectivity index (χ0n) is 16.5. The number of rotatable bonds is 1. The van der Waals surface area contributed by atoms with Crippen molar-refractivity contribution in [1.29, 1.82) is 0 Å². The molecule has 3 N–H and O–H groups in total. The van der Waals surface area contributed by atoms with Gasteiger partial charge in [0.25, 0.3) is 5.91 Å². The number of ether oxygens (including phenoxy) is 1. The normalized spacial score (nSPS) is 21.2. The lowest BCUT2D eigenvalue weighted by atomic mass is 9.86. The molecule has 3 aliphatic rings. The molecular weight excluding hydrogens is 405 g/mol. The van der Waals surface area contributed by atoms with Gasteiger partial charge in [0.15, 0.2) is 5.84 Å². The smallest absolute Gasteiger partial charge is 0.483 e. The van der Waals surface area contributed by atoms with Gasteiger partial charge in [-0.2, -0.15) is 18.3 Å². The molecule has 0 spiro atoms. The summed E-state index contributed by atoms with van der Waals surface area (Å²) >= 11 is 0. The minimum absolute atomic E-state index is 0.0782. The summed E-state index contributed by atoms with van der Waals surface area (Å²) < 4.78 is 37.6. The van der Waals surface area contributed by atoms with Crippen LogP contribution in [0, 0.1) is 6.92 Å². The maximum Gasteiger partial charge on any atom is 0.490 e. The Morgan fingerprint density at radius 1 is 1.30 bits per heavy atom. The Kier molecular flexibility index (Phi) is 6.20. The lowest BCUT2D eigenvalue weighted by molar-refractivity contribution is -0.192. The fourth-order valence-corrected chi connectivity index (χ4v) is 3.76. The molecule has 1 saturated heterocycles. The first-order chi connectivity index (χ1) is 14.1. The molecule has 0 radical (unpaired) electrons. The molecule has 1 aromatic rings. The van der Waals surface area contributed by atoms with Gasteiger partial charge < -0.3 is 20.1 Å². The molecule has 1 amide bonds. The van der Waals surface area contributed by atoms with E-state index in [1.54, 1.807) is 0 Å².